The van der Waals surface area contributed by atoms with Crippen LogP contribution in [-0.2, 0) is 14.3 Å². The summed E-state index contributed by atoms with van der Waals surface area (Å²) in [7, 11) is 0. The fourth-order valence-electron chi connectivity index (χ4n) is 2.08. The van der Waals surface area contributed by atoms with Crippen LogP contribution < -0.4 is 11.1 Å². The Kier molecular flexibility index (Phi) is 6.92. The quantitative estimate of drug-likeness (QED) is 0.537. The van der Waals surface area contributed by atoms with Crippen molar-refractivity contribution in [2.75, 3.05) is 6.54 Å². The van der Waals surface area contributed by atoms with Gasteiger partial charge in [0.1, 0.15) is 0 Å². The minimum Gasteiger partial charge on any atom is -0.454 e. The van der Waals surface area contributed by atoms with Crippen LogP contribution in [0.5, 0.6) is 0 Å². The maximum Gasteiger partial charge on any atom is 0.312 e. The predicted octanol–water partition coefficient (Wildman–Crippen LogP) is 1.27. The van der Waals surface area contributed by atoms with Crippen LogP contribution >= 0.6 is 0 Å². The van der Waals surface area contributed by atoms with E-state index in [1.54, 1.807) is 0 Å². The van der Waals surface area contributed by atoms with Crippen molar-refractivity contribution in [3.8, 4) is 0 Å². The second-order valence-corrected chi connectivity index (χ2v) is 4.79. The Morgan fingerprint density at radius 1 is 1.26 bits per heavy atom. The van der Waals surface area contributed by atoms with Gasteiger partial charge in [-0.1, -0.05) is 6.42 Å². The molecule has 1 aliphatic carbocycles. The summed E-state index contributed by atoms with van der Waals surface area (Å²) in [5, 5.41) is 2.48. The van der Waals surface area contributed by atoms with E-state index < -0.39 is 12.1 Å². The number of urea groups is 1. The van der Waals surface area contributed by atoms with Crippen LogP contribution in [0.1, 0.15) is 51.4 Å². The molecule has 1 atom stereocenters. The Labute approximate surface area is 113 Å². The summed E-state index contributed by atoms with van der Waals surface area (Å²) in [6.45, 7) is 0.519. The highest BCUT2D eigenvalue weighted by Crippen LogP contribution is 2.18. The fraction of sp³-hybridized carbons (Fsp3) is 0.769. The van der Waals surface area contributed by atoms with Crippen molar-refractivity contribution in [1.29, 1.82) is 0 Å². The van der Waals surface area contributed by atoms with Crippen molar-refractivity contribution in [3.05, 3.63) is 0 Å². The number of nitrogens with one attached hydrogen (secondary N) is 1. The van der Waals surface area contributed by atoms with Gasteiger partial charge in [0, 0.05) is 19.4 Å². The topological polar surface area (TPSA) is 98.5 Å². The molecule has 1 rings (SSSR count). The van der Waals surface area contributed by atoms with Crippen LogP contribution in [0.2, 0.25) is 0 Å². The van der Waals surface area contributed by atoms with E-state index >= 15 is 0 Å². The first-order valence-corrected chi connectivity index (χ1v) is 6.85. The largest absolute Gasteiger partial charge is 0.454 e. The molecule has 108 valence electrons. The third kappa shape index (κ3) is 6.79. The summed E-state index contributed by atoms with van der Waals surface area (Å²) < 4.78 is 5.17. The highest BCUT2D eigenvalue weighted by Gasteiger charge is 2.25. The van der Waals surface area contributed by atoms with Crippen molar-refractivity contribution >= 4 is 17.8 Å². The second kappa shape index (κ2) is 8.50. The zero-order valence-corrected chi connectivity index (χ0v) is 11.2. The van der Waals surface area contributed by atoms with E-state index in [0.29, 0.717) is 32.2 Å². The molecule has 0 bridgehead atoms. The van der Waals surface area contributed by atoms with Gasteiger partial charge in [0.15, 0.2) is 11.9 Å². The number of ketones is 1. The van der Waals surface area contributed by atoms with Gasteiger partial charge in [-0.25, -0.2) is 4.79 Å². The maximum atomic E-state index is 11.5. The van der Waals surface area contributed by atoms with Gasteiger partial charge in [-0.2, -0.15) is 0 Å². The SMILES string of the molecule is NC(=O)NCCCCCC(=O)O[C@H]1CCCCC1=O. The second-order valence-electron chi connectivity index (χ2n) is 4.79. The molecule has 0 saturated heterocycles. The zero-order valence-electron chi connectivity index (χ0n) is 11.2. The van der Waals surface area contributed by atoms with E-state index in [-0.39, 0.29) is 11.8 Å². The molecule has 0 aliphatic heterocycles. The molecule has 1 saturated carbocycles. The number of amides is 2. The van der Waals surface area contributed by atoms with E-state index in [1.165, 1.54) is 0 Å². The molecule has 19 heavy (non-hydrogen) atoms. The van der Waals surface area contributed by atoms with Gasteiger partial charge in [0.05, 0.1) is 0 Å². The molecule has 0 aromatic carbocycles. The average Bonchev–Trinajstić information content (AvgIpc) is 2.36. The van der Waals surface area contributed by atoms with Gasteiger partial charge in [0.2, 0.25) is 0 Å². The van der Waals surface area contributed by atoms with Crippen LogP contribution in [0.4, 0.5) is 4.79 Å². The molecule has 1 fully saturated rings. The summed E-state index contributed by atoms with van der Waals surface area (Å²) in [5.41, 5.74) is 4.92. The summed E-state index contributed by atoms with van der Waals surface area (Å²) >= 11 is 0. The van der Waals surface area contributed by atoms with Crippen molar-refractivity contribution in [2.45, 2.75) is 57.5 Å². The molecule has 0 spiro atoms. The molecule has 0 aromatic heterocycles. The molecule has 0 unspecified atom stereocenters. The minimum atomic E-state index is -0.532. The molecule has 0 aromatic rings. The molecule has 6 nitrogen and oxygen atoms in total. The number of Topliss-reactive ketones (excluding diaryl/α,β-unsaturated/α-hetero) is 1. The summed E-state index contributed by atoms with van der Waals surface area (Å²) in [5.74, 6) is -0.256. The zero-order chi connectivity index (χ0) is 14.1. The Balaban J connectivity index is 2.04. The number of nitrogens with two attached hydrogens (primary N) is 1. The Morgan fingerprint density at radius 2 is 2.05 bits per heavy atom. The average molecular weight is 270 g/mol. The van der Waals surface area contributed by atoms with E-state index in [4.69, 9.17) is 10.5 Å². The minimum absolute atomic E-state index is 0.0465. The van der Waals surface area contributed by atoms with E-state index in [0.717, 1.165) is 25.7 Å². The van der Waals surface area contributed by atoms with Gasteiger partial charge in [-0.3, -0.25) is 9.59 Å². The normalized spacial score (nSPS) is 18.9. The Bertz CT molecular complexity index is 331. The number of primary amides is 1. The molecule has 1 aliphatic rings. The molecular weight excluding hydrogens is 248 g/mol. The lowest BCUT2D eigenvalue weighted by molar-refractivity contribution is -0.156. The van der Waals surface area contributed by atoms with Crippen LogP contribution in [-0.4, -0.2) is 30.4 Å². The first-order valence-electron chi connectivity index (χ1n) is 6.85. The van der Waals surface area contributed by atoms with Gasteiger partial charge in [-0.15, -0.1) is 0 Å². The number of esters is 1. The number of unbranched alkanes of at least 4 members (excludes halogenated alkanes) is 2. The van der Waals surface area contributed by atoms with Gasteiger partial charge >= 0.3 is 12.0 Å². The van der Waals surface area contributed by atoms with E-state index in [2.05, 4.69) is 5.32 Å². The first kappa shape index (κ1) is 15.5. The summed E-state index contributed by atoms with van der Waals surface area (Å²) in [4.78, 5) is 33.4. The fourth-order valence-corrected chi connectivity index (χ4v) is 2.08. The smallest absolute Gasteiger partial charge is 0.312 e. The van der Waals surface area contributed by atoms with Crippen molar-refractivity contribution in [3.63, 3.8) is 0 Å². The number of hydrogen-bond acceptors (Lipinski definition) is 4. The van der Waals surface area contributed by atoms with Gasteiger partial charge < -0.3 is 15.8 Å². The highest BCUT2D eigenvalue weighted by molar-refractivity contribution is 5.86. The first-order chi connectivity index (χ1) is 9.09. The Hall–Kier alpha value is -1.59. The summed E-state index contributed by atoms with van der Waals surface area (Å²) in [6, 6.07) is -0.532. The summed E-state index contributed by atoms with van der Waals surface area (Å²) in [6.07, 6.45) is 5.12. The molecule has 0 radical (unpaired) electrons. The third-order valence-corrected chi connectivity index (χ3v) is 3.13. The lowest BCUT2D eigenvalue weighted by Gasteiger charge is -2.20. The third-order valence-electron chi connectivity index (χ3n) is 3.13. The highest BCUT2D eigenvalue weighted by atomic mass is 16.5. The number of ether oxygens (including phenoxy) is 1. The monoisotopic (exact) mass is 270 g/mol. The molecule has 2 amide bonds. The van der Waals surface area contributed by atoms with E-state index in [1.807, 2.05) is 0 Å². The van der Waals surface area contributed by atoms with Crippen molar-refractivity contribution < 1.29 is 19.1 Å². The van der Waals surface area contributed by atoms with Crippen molar-refractivity contribution in [2.24, 2.45) is 5.73 Å². The van der Waals surface area contributed by atoms with E-state index in [9.17, 15) is 14.4 Å². The van der Waals surface area contributed by atoms with Crippen LogP contribution in [0.3, 0.4) is 0 Å². The van der Waals surface area contributed by atoms with Gasteiger partial charge in [-0.05, 0) is 32.1 Å². The van der Waals surface area contributed by atoms with Crippen molar-refractivity contribution in [1.82, 2.24) is 5.32 Å². The van der Waals surface area contributed by atoms with Crippen LogP contribution in [0.25, 0.3) is 0 Å². The lowest BCUT2D eigenvalue weighted by atomic mass is 9.96. The molecule has 0 heterocycles. The van der Waals surface area contributed by atoms with Crippen LogP contribution in [0.15, 0.2) is 0 Å². The standard InChI is InChI=1S/C13H22N2O4/c14-13(18)15-9-5-1-2-8-12(17)19-11-7-4-3-6-10(11)16/h11H,1-9H2,(H3,14,15,18)/t11-/m0/s1. The molecule has 3 N–H and O–H groups in total. The Morgan fingerprint density at radius 3 is 2.74 bits per heavy atom. The lowest BCUT2D eigenvalue weighted by Crippen LogP contribution is -2.30. The predicted molar refractivity (Wildman–Crippen MR) is 69.4 cm³/mol. The number of carbonyl (C=O) groups excluding carboxylic acids is 3. The van der Waals surface area contributed by atoms with Crippen LogP contribution in [0, 0.1) is 0 Å². The maximum absolute atomic E-state index is 11.5. The van der Waals surface area contributed by atoms with Gasteiger partial charge in [0.25, 0.3) is 0 Å². The number of carbonyl (C=O) groups is 3. The number of rotatable bonds is 7. The number of hydrogen-bond donors (Lipinski definition) is 2. The molecular formula is C13H22N2O4. The molecule has 6 heteroatoms.